The van der Waals surface area contributed by atoms with Gasteiger partial charge >= 0.3 is 6.18 Å². The smallest absolute Gasteiger partial charge is 0.365 e. The van der Waals surface area contributed by atoms with Gasteiger partial charge in [-0.1, -0.05) is 0 Å². The number of likely N-dealkylation sites (tertiary alicyclic amines) is 1. The second kappa shape index (κ2) is 8.30. The Morgan fingerprint density at radius 3 is 2.47 bits per heavy atom. The van der Waals surface area contributed by atoms with E-state index in [1.54, 1.807) is 17.2 Å². The molecule has 2 fully saturated rings. The minimum absolute atomic E-state index is 0.150. The first-order valence-corrected chi connectivity index (χ1v) is 10.7. The highest BCUT2D eigenvalue weighted by Crippen LogP contribution is 2.40. The van der Waals surface area contributed by atoms with E-state index in [2.05, 4.69) is 25.3 Å². The molecule has 2 aliphatic rings. The van der Waals surface area contributed by atoms with Crippen LogP contribution in [0.5, 0.6) is 0 Å². The molecule has 1 aliphatic heterocycles. The van der Waals surface area contributed by atoms with Crippen molar-refractivity contribution in [1.82, 2.24) is 24.8 Å². The Morgan fingerprint density at radius 1 is 1.06 bits per heavy atom. The summed E-state index contributed by atoms with van der Waals surface area (Å²) in [7, 11) is 0. The van der Waals surface area contributed by atoms with Gasteiger partial charge < -0.3 is 10.2 Å². The number of nitrogens with zero attached hydrogens (tertiary/aromatic N) is 5. The summed E-state index contributed by atoms with van der Waals surface area (Å²) in [6.07, 6.45) is 1.56. The van der Waals surface area contributed by atoms with Crippen molar-refractivity contribution in [3.8, 4) is 11.4 Å². The molecule has 11 heteroatoms. The molecular formula is C23H20F4N6O. The molecule has 0 spiro atoms. The van der Waals surface area contributed by atoms with E-state index in [0.717, 1.165) is 43.1 Å². The number of fused-ring (bicyclic) bond motifs is 2. The minimum atomic E-state index is -4.45. The van der Waals surface area contributed by atoms with Crippen LogP contribution < -0.4 is 5.32 Å². The number of piperidine rings is 1. The molecule has 3 aromatic heterocycles. The van der Waals surface area contributed by atoms with E-state index in [9.17, 15) is 22.4 Å². The van der Waals surface area contributed by atoms with Gasteiger partial charge in [0, 0.05) is 25.0 Å². The molecule has 1 aliphatic carbocycles. The molecule has 3 atom stereocenters. The third-order valence-corrected chi connectivity index (χ3v) is 6.25. The summed E-state index contributed by atoms with van der Waals surface area (Å²) in [5, 5.41) is 3.19. The lowest BCUT2D eigenvalue weighted by molar-refractivity contribution is -0.137. The molecule has 176 valence electrons. The molecule has 1 saturated carbocycles. The van der Waals surface area contributed by atoms with E-state index >= 15 is 0 Å². The average Bonchev–Trinajstić information content (AvgIpc) is 3.39. The third kappa shape index (κ3) is 4.17. The number of hydrogen-bond acceptors (Lipinski definition) is 6. The molecule has 1 amide bonds. The quantitative estimate of drug-likeness (QED) is 0.576. The van der Waals surface area contributed by atoms with Crippen molar-refractivity contribution in [2.45, 2.75) is 38.0 Å². The zero-order valence-corrected chi connectivity index (χ0v) is 18.1. The van der Waals surface area contributed by atoms with E-state index in [0.29, 0.717) is 17.9 Å². The lowest BCUT2D eigenvalue weighted by Gasteiger charge is -2.34. The number of nitrogens with one attached hydrogen (secondary N) is 1. The van der Waals surface area contributed by atoms with Gasteiger partial charge in [-0.2, -0.15) is 13.2 Å². The number of amides is 1. The fraction of sp³-hybridized carbons (Fsp3) is 0.348. The Bertz CT molecular complexity index is 1220. The van der Waals surface area contributed by atoms with Crippen LogP contribution in [0.25, 0.3) is 11.4 Å². The number of rotatable bonds is 4. The Hall–Kier alpha value is -3.63. The lowest BCUT2D eigenvalue weighted by Crippen LogP contribution is -2.48. The summed E-state index contributed by atoms with van der Waals surface area (Å²) in [5.41, 5.74) is 0.581. The van der Waals surface area contributed by atoms with Gasteiger partial charge in [0.25, 0.3) is 5.91 Å². The van der Waals surface area contributed by atoms with Crippen molar-refractivity contribution in [2.24, 2.45) is 5.92 Å². The molecule has 34 heavy (non-hydrogen) atoms. The van der Waals surface area contributed by atoms with E-state index in [4.69, 9.17) is 0 Å². The van der Waals surface area contributed by atoms with Crippen molar-refractivity contribution >= 4 is 11.7 Å². The van der Waals surface area contributed by atoms with Crippen LogP contribution in [0.3, 0.4) is 0 Å². The van der Waals surface area contributed by atoms with E-state index < -0.39 is 17.6 Å². The van der Waals surface area contributed by atoms with Gasteiger partial charge in [-0.15, -0.1) is 0 Å². The highest BCUT2D eigenvalue weighted by Gasteiger charge is 2.47. The molecule has 1 saturated heterocycles. The topological polar surface area (TPSA) is 83.9 Å². The maximum Gasteiger partial charge on any atom is 0.417 e. The van der Waals surface area contributed by atoms with Crippen LogP contribution in [0.1, 0.15) is 34.5 Å². The second-order valence-corrected chi connectivity index (χ2v) is 8.68. The van der Waals surface area contributed by atoms with E-state index in [1.807, 2.05) is 6.92 Å². The van der Waals surface area contributed by atoms with E-state index in [-0.39, 0.29) is 35.4 Å². The molecule has 7 nitrogen and oxygen atoms in total. The first-order valence-electron chi connectivity index (χ1n) is 10.7. The molecule has 2 bridgehead atoms. The monoisotopic (exact) mass is 472 g/mol. The maximum atomic E-state index is 13.5. The summed E-state index contributed by atoms with van der Waals surface area (Å²) in [5.74, 6) is -0.0835. The molecule has 1 N–H and O–H groups in total. The second-order valence-electron chi connectivity index (χ2n) is 8.68. The Morgan fingerprint density at radius 2 is 1.82 bits per heavy atom. The van der Waals surface area contributed by atoms with Gasteiger partial charge in [-0.3, -0.25) is 9.78 Å². The van der Waals surface area contributed by atoms with Crippen molar-refractivity contribution in [2.75, 3.05) is 11.9 Å². The van der Waals surface area contributed by atoms with Crippen LogP contribution in [0.15, 0.2) is 43.0 Å². The van der Waals surface area contributed by atoms with Crippen molar-refractivity contribution in [3.05, 3.63) is 65.6 Å². The number of carbonyl (C=O) groups is 1. The highest BCUT2D eigenvalue weighted by molar-refractivity contribution is 5.98. The lowest BCUT2D eigenvalue weighted by atomic mass is 10.0. The number of alkyl halides is 3. The number of halogens is 4. The molecule has 3 unspecified atom stereocenters. The van der Waals surface area contributed by atoms with E-state index in [1.165, 1.54) is 6.07 Å². The van der Waals surface area contributed by atoms with Crippen molar-refractivity contribution < 1.29 is 22.4 Å². The number of hydrogen-bond donors (Lipinski definition) is 1. The van der Waals surface area contributed by atoms with Gasteiger partial charge in [0.2, 0.25) is 0 Å². The summed E-state index contributed by atoms with van der Waals surface area (Å²) in [4.78, 5) is 31.5. The number of anilines is 1. The first-order chi connectivity index (χ1) is 16.2. The average molecular weight is 472 g/mol. The normalized spacial score (nSPS) is 21.7. The van der Waals surface area contributed by atoms with Gasteiger partial charge in [0.15, 0.2) is 11.6 Å². The van der Waals surface area contributed by atoms with Crippen LogP contribution in [-0.4, -0.2) is 49.4 Å². The summed E-state index contributed by atoms with van der Waals surface area (Å²) >= 11 is 0. The van der Waals surface area contributed by atoms with Crippen LogP contribution in [0.2, 0.25) is 0 Å². The molecule has 3 aromatic rings. The third-order valence-electron chi connectivity index (χ3n) is 6.25. The molecule has 0 aromatic carbocycles. The highest BCUT2D eigenvalue weighted by atomic mass is 19.4. The summed E-state index contributed by atoms with van der Waals surface area (Å²) in [6.45, 7) is 2.38. The fourth-order valence-corrected chi connectivity index (χ4v) is 4.75. The van der Waals surface area contributed by atoms with Crippen molar-refractivity contribution in [1.29, 1.82) is 0 Å². The van der Waals surface area contributed by atoms with Gasteiger partial charge in [0.1, 0.15) is 11.5 Å². The number of aryl methyl sites for hydroxylation is 1. The molecular weight excluding hydrogens is 452 g/mol. The Labute approximate surface area is 192 Å². The summed E-state index contributed by atoms with van der Waals surface area (Å²) in [6, 6.07) is 3.71. The van der Waals surface area contributed by atoms with Crippen LogP contribution >= 0.6 is 0 Å². The Balaban J connectivity index is 1.37. The van der Waals surface area contributed by atoms with Gasteiger partial charge in [-0.05, 0) is 49.4 Å². The molecule has 4 heterocycles. The molecule has 5 rings (SSSR count). The number of pyridine rings is 2. The minimum Gasteiger partial charge on any atom is -0.365 e. The zero-order valence-electron chi connectivity index (χ0n) is 18.1. The Kier molecular flexibility index (Phi) is 5.41. The largest absolute Gasteiger partial charge is 0.417 e. The van der Waals surface area contributed by atoms with Crippen LogP contribution in [0, 0.1) is 18.7 Å². The summed E-state index contributed by atoms with van der Waals surface area (Å²) < 4.78 is 51.7. The van der Waals surface area contributed by atoms with Crippen molar-refractivity contribution in [3.63, 3.8) is 0 Å². The van der Waals surface area contributed by atoms with Gasteiger partial charge in [-0.25, -0.2) is 19.3 Å². The number of aromatic nitrogens is 4. The van der Waals surface area contributed by atoms with Gasteiger partial charge in [0.05, 0.1) is 29.6 Å². The SMILES string of the molecule is Cc1cnc(C(=O)N2CC3CC(Nc4ccc(C(F)(F)F)cn4)C2C3)c(-c2ncc(F)cn2)c1. The first kappa shape index (κ1) is 22.2. The predicted octanol–water partition coefficient (Wildman–Crippen LogP) is 4.12. The zero-order chi connectivity index (χ0) is 24.0. The fourth-order valence-electron chi connectivity index (χ4n) is 4.75. The maximum absolute atomic E-state index is 13.5. The predicted molar refractivity (Wildman–Crippen MR) is 114 cm³/mol. The number of carbonyl (C=O) groups excluding carboxylic acids is 1. The van der Waals surface area contributed by atoms with Crippen LogP contribution in [-0.2, 0) is 6.18 Å². The molecule has 0 radical (unpaired) electrons. The standard InChI is InChI=1S/C23H20F4N6O/c1-12-4-16(21-30-9-15(24)10-31-21)20(29-7-12)22(34)33-11-13-5-17(18(33)6-13)32-19-3-2-14(8-28-19)23(25,26)27/h2-4,7-10,13,17-18H,5-6,11H2,1H3,(H,28,32). The van der Waals surface area contributed by atoms with Crippen LogP contribution in [0.4, 0.5) is 23.4 Å².